The highest BCUT2D eigenvalue weighted by atomic mass is 16.2. The lowest BCUT2D eigenvalue weighted by atomic mass is 10.2. The Hall–Kier alpha value is -2.44. The Balaban J connectivity index is 1.39. The molecule has 1 N–H and O–H groups in total. The largest absolute Gasteiger partial charge is 0.337 e. The molecule has 27 heavy (non-hydrogen) atoms. The molecular weight excluding hydrogens is 338 g/mol. The van der Waals surface area contributed by atoms with Crippen LogP contribution in [-0.2, 0) is 0 Å². The van der Waals surface area contributed by atoms with E-state index in [1.807, 2.05) is 59.3 Å². The molecule has 1 amide bonds. The zero-order chi connectivity index (χ0) is 18.6. The number of nitrogens with zero attached hydrogens (tertiary/aromatic N) is 4. The molecule has 2 aliphatic heterocycles. The van der Waals surface area contributed by atoms with Crippen LogP contribution in [0.4, 0.5) is 11.5 Å². The number of carbonyl (C=O) groups is 1. The molecule has 4 rings (SSSR count). The molecule has 2 aliphatic rings. The SMILES string of the molecule is CN(c1ccccc1)c1ccc(C(=O)N2CCC(N3CCNCC3)C2)cn1. The Kier molecular flexibility index (Phi) is 5.36. The first-order valence-electron chi connectivity index (χ1n) is 9.71. The first-order chi connectivity index (χ1) is 13.2. The summed E-state index contributed by atoms with van der Waals surface area (Å²) in [4.78, 5) is 23.9. The third kappa shape index (κ3) is 3.96. The standard InChI is InChI=1S/C21H27N5O/c1-24(18-5-3-2-4-6-18)20-8-7-17(15-23-20)21(27)26-12-9-19(16-26)25-13-10-22-11-14-25/h2-8,15,19,22H,9-14,16H2,1H3. The summed E-state index contributed by atoms with van der Waals surface area (Å²) in [5.41, 5.74) is 1.74. The Morgan fingerprint density at radius 1 is 1.11 bits per heavy atom. The van der Waals surface area contributed by atoms with Crippen molar-refractivity contribution in [1.82, 2.24) is 20.1 Å². The topological polar surface area (TPSA) is 51.7 Å². The minimum atomic E-state index is 0.0917. The lowest BCUT2D eigenvalue weighted by Gasteiger charge is -2.32. The van der Waals surface area contributed by atoms with Crippen LogP contribution in [0.1, 0.15) is 16.8 Å². The summed E-state index contributed by atoms with van der Waals surface area (Å²) < 4.78 is 0. The maximum absolute atomic E-state index is 12.9. The van der Waals surface area contributed by atoms with Crippen molar-refractivity contribution in [3.8, 4) is 0 Å². The number of benzene rings is 1. The van der Waals surface area contributed by atoms with Gasteiger partial charge in [0.2, 0.25) is 0 Å². The number of para-hydroxylation sites is 1. The first kappa shape index (κ1) is 17.9. The van der Waals surface area contributed by atoms with E-state index in [2.05, 4.69) is 15.2 Å². The van der Waals surface area contributed by atoms with Gasteiger partial charge in [-0.1, -0.05) is 18.2 Å². The molecule has 1 atom stereocenters. The molecule has 1 aromatic carbocycles. The van der Waals surface area contributed by atoms with Gasteiger partial charge in [-0.3, -0.25) is 9.69 Å². The molecule has 2 aromatic rings. The molecule has 0 radical (unpaired) electrons. The van der Waals surface area contributed by atoms with Crippen molar-refractivity contribution in [3.63, 3.8) is 0 Å². The molecule has 1 unspecified atom stereocenters. The minimum absolute atomic E-state index is 0.0917. The van der Waals surface area contributed by atoms with E-state index in [0.717, 1.165) is 57.2 Å². The average Bonchev–Trinajstić information content (AvgIpc) is 3.24. The molecule has 6 heteroatoms. The molecule has 0 aliphatic carbocycles. The van der Waals surface area contributed by atoms with Crippen molar-refractivity contribution in [2.75, 3.05) is 51.2 Å². The second-order valence-corrected chi connectivity index (χ2v) is 7.28. The van der Waals surface area contributed by atoms with E-state index in [0.29, 0.717) is 11.6 Å². The third-order valence-corrected chi connectivity index (χ3v) is 5.60. The molecule has 0 bridgehead atoms. The van der Waals surface area contributed by atoms with Gasteiger partial charge in [-0.2, -0.15) is 0 Å². The smallest absolute Gasteiger partial charge is 0.255 e. The fourth-order valence-corrected chi connectivity index (χ4v) is 3.95. The van der Waals surface area contributed by atoms with Crippen LogP contribution < -0.4 is 10.2 Å². The molecule has 3 heterocycles. The normalized spacial score (nSPS) is 20.6. The quantitative estimate of drug-likeness (QED) is 0.898. The second kappa shape index (κ2) is 8.06. The Morgan fingerprint density at radius 3 is 2.59 bits per heavy atom. The summed E-state index contributed by atoms with van der Waals surface area (Å²) in [5.74, 6) is 0.923. The number of rotatable bonds is 4. The average molecular weight is 365 g/mol. The lowest BCUT2D eigenvalue weighted by Crippen LogP contribution is -2.49. The number of carbonyl (C=O) groups excluding carboxylic acids is 1. The molecule has 6 nitrogen and oxygen atoms in total. The summed E-state index contributed by atoms with van der Waals surface area (Å²) >= 11 is 0. The number of pyridine rings is 1. The maximum Gasteiger partial charge on any atom is 0.255 e. The number of anilines is 2. The highest BCUT2D eigenvalue weighted by molar-refractivity contribution is 5.94. The molecule has 2 fully saturated rings. The van der Waals surface area contributed by atoms with Crippen LogP contribution in [0.25, 0.3) is 0 Å². The zero-order valence-electron chi connectivity index (χ0n) is 15.8. The van der Waals surface area contributed by atoms with E-state index in [-0.39, 0.29) is 5.91 Å². The number of piperazine rings is 1. The predicted molar refractivity (Wildman–Crippen MR) is 107 cm³/mol. The number of hydrogen-bond acceptors (Lipinski definition) is 5. The second-order valence-electron chi connectivity index (χ2n) is 7.28. The summed E-state index contributed by atoms with van der Waals surface area (Å²) in [6.07, 6.45) is 2.77. The van der Waals surface area contributed by atoms with Crippen molar-refractivity contribution in [2.45, 2.75) is 12.5 Å². The highest BCUT2D eigenvalue weighted by Crippen LogP contribution is 2.22. The van der Waals surface area contributed by atoms with Crippen LogP contribution in [0.5, 0.6) is 0 Å². The first-order valence-corrected chi connectivity index (χ1v) is 9.71. The van der Waals surface area contributed by atoms with Crippen LogP contribution in [0.15, 0.2) is 48.7 Å². The molecular formula is C21H27N5O. The van der Waals surface area contributed by atoms with Gasteiger partial charge >= 0.3 is 0 Å². The van der Waals surface area contributed by atoms with E-state index >= 15 is 0 Å². The van der Waals surface area contributed by atoms with Gasteiger partial charge in [0.15, 0.2) is 0 Å². The molecule has 1 aromatic heterocycles. The summed E-state index contributed by atoms with van der Waals surface area (Å²) in [6.45, 7) is 5.91. The number of hydrogen-bond donors (Lipinski definition) is 1. The van der Waals surface area contributed by atoms with Crippen LogP contribution in [-0.4, -0.2) is 73.0 Å². The van der Waals surface area contributed by atoms with Crippen LogP contribution in [0.2, 0.25) is 0 Å². The van der Waals surface area contributed by atoms with Crippen molar-refractivity contribution < 1.29 is 4.79 Å². The van der Waals surface area contributed by atoms with Crippen LogP contribution in [0, 0.1) is 0 Å². The molecule has 2 saturated heterocycles. The third-order valence-electron chi connectivity index (χ3n) is 5.60. The van der Waals surface area contributed by atoms with Crippen LogP contribution >= 0.6 is 0 Å². The fourth-order valence-electron chi connectivity index (χ4n) is 3.95. The summed E-state index contributed by atoms with van der Waals surface area (Å²) in [7, 11) is 1.98. The van der Waals surface area contributed by atoms with Gasteiger partial charge in [0.05, 0.1) is 5.56 Å². The number of amides is 1. The Labute approximate surface area is 160 Å². The van der Waals surface area contributed by atoms with Gasteiger partial charge < -0.3 is 15.1 Å². The van der Waals surface area contributed by atoms with Gasteiger partial charge in [-0.05, 0) is 30.7 Å². The minimum Gasteiger partial charge on any atom is -0.337 e. The van der Waals surface area contributed by atoms with Gasteiger partial charge in [0.25, 0.3) is 5.91 Å². The van der Waals surface area contributed by atoms with E-state index in [4.69, 9.17) is 0 Å². The van der Waals surface area contributed by atoms with Crippen molar-refractivity contribution in [1.29, 1.82) is 0 Å². The van der Waals surface area contributed by atoms with Crippen molar-refractivity contribution >= 4 is 17.4 Å². The van der Waals surface area contributed by atoms with Gasteiger partial charge in [-0.15, -0.1) is 0 Å². The van der Waals surface area contributed by atoms with Crippen LogP contribution in [0.3, 0.4) is 0 Å². The molecule has 0 spiro atoms. The molecule has 142 valence electrons. The van der Waals surface area contributed by atoms with Gasteiger partial charge in [0.1, 0.15) is 5.82 Å². The number of aromatic nitrogens is 1. The lowest BCUT2D eigenvalue weighted by molar-refractivity contribution is 0.0773. The zero-order valence-corrected chi connectivity index (χ0v) is 15.8. The fraction of sp³-hybridized carbons (Fsp3) is 0.429. The predicted octanol–water partition coefficient (Wildman–Crippen LogP) is 1.97. The maximum atomic E-state index is 12.9. The Morgan fingerprint density at radius 2 is 1.89 bits per heavy atom. The monoisotopic (exact) mass is 365 g/mol. The van der Waals surface area contributed by atoms with E-state index in [1.54, 1.807) is 6.20 Å². The van der Waals surface area contributed by atoms with E-state index in [9.17, 15) is 4.79 Å². The molecule has 0 saturated carbocycles. The summed E-state index contributed by atoms with van der Waals surface area (Å²) in [6, 6.07) is 14.4. The van der Waals surface area contributed by atoms with Crippen molar-refractivity contribution in [2.24, 2.45) is 0 Å². The Bertz CT molecular complexity index is 758. The number of likely N-dealkylation sites (tertiary alicyclic amines) is 1. The highest BCUT2D eigenvalue weighted by Gasteiger charge is 2.31. The van der Waals surface area contributed by atoms with E-state index < -0.39 is 0 Å². The van der Waals surface area contributed by atoms with Crippen molar-refractivity contribution in [3.05, 3.63) is 54.2 Å². The van der Waals surface area contributed by atoms with E-state index in [1.165, 1.54) is 0 Å². The summed E-state index contributed by atoms with van der Waals surface area (Å²) in [5, 5.41) is 3.39. The van der Waals surface area contributed by atoms with Gasteiger partial charge in [-0.25, -0.2) is 4.98 Å². The number of nitrogens with one attached hydrogen (secondary N) is 1. The van der Waals surface area contributed by atoms with Gasteiger partial charge in [0, 0.05) is 64.2 Å².